The van der Waals surface area contributed by atoms with Gasteiger partial charge in [-0.25, -0.2) is 0 Å². The lowest BCUT2D eigenvalue weighted by molar-refractivity contribution is -0.122. The highest BCUT2D eigenvalue weighted by Crippen LogP contribution is 2.36. The molecular formula is C19H20N4OS2. The summed E-state index contributed by atoms with van der Waals surface area (Å²) >= 11 is 5.67. The van der Waals surface area contributed by atoms with Gasteiger partial charge in [-0.05, 0) is 42.4 Å². The van der Waals surface area contributed by atoms with Crippen molar-refractivity contribution < 1.29 is 4.79 Å². The van der Waals surface area contributed by atoms with E-state index in [2.05, 4.69) is 12.6 Å². The van der Waals surface area contributed by atoms with E-state index in [0.29, 0.717) is 17.1 Å². The van der Waals surface area contributed by atoms with E-state index in [-0.39, 0.29) is 11.1 Å². The Labute approximate surface area is 162 Å². The Balaban J connectivity index is 1.89. The van der Waals surface area contributed by atoms with Crippen LogP contribution in [0.25, 0.3) is 0 Å². The lowest BCUT2D eigenvalue weighted by Gasteiger charge is -2.23. The molecule has 0 unspecified atom stereocenters. The van der Waals surface area contributed by atoms with E-state index < -0.39 is 0 Å². The molecule has 1 aliphatic rings. The van der Waals surface area contributed by atoms with Gasteiger partial charge in [-0.3, -0.25) is 15.1 Å². The van der Waals surface area contributed by atoms with Gasteiger partial charge < -0.3 is 10.6 Å². The summed E-state index contributed by atoms with van der Waals surface area (Å²) in [4.78, 5) is 17.6. The molecule has 1 saturated heterocycles. The van der Waals surface area contributed by atoms with Crippen molar-refractivity contribution >= 4 is 46.8 Å². The van der Waals surface area contributed by atoms with Crippen LogP contribution in [0.1, 0.15) is 12.5 Å². The van der Waals surface area contributed by atoms with Gasteiger partial charge in [0.2, 0.25) is 0 Å². The maximum Gasteiger partial charge on any atom is 0.268 e. The molecule has 0 radical (unpaired) electrons. The molecule has 0 spiro atoms. The van der Waals surface area contributed by atoms with Crippen molar-refractivity contribution in [2.45, 2.75) is 18.4 Å². The number of allylic oxidation sites excluding steroid dienone is 1. The minimum atomic E-state index is -0.155. The van der Waals surface area contributed by atoms with Crippen molar-refractivity contribution in [2.75, 3.05) is 17.7 Å². The van der Waals surface area contributed by atoms with Crippen LogP contribution in [0.3, 0.4) is 0 Å². The molecule has 0 bridgehead atoms. The molecule has 1 fully saturated rings. The fraction of sp³-hybridized carbons (Fsp3) is 0.158. The normalized spacial score (nSPS) is 16.2. The highest BCUT2D eigenvalue weighted by atomic mass is 32.2. The van der Waals surface area contributed by atoms with Crippen LogP contribution in [0.4, 0.5) is 11.4 Å². The Kier molecular flexibility index (Phi) is 5.29. The molecule has 2 aromatic carbocycles. The second kappa shape index (κ2) is 7.47. The number of nitrogen functional groups attached to an aromatic ring is 1. The molecule has 0 aliphatic carbocycles. The number of nitrogens with one attached hydrogen (secondary N) is 1. The number of anilines is 2. The molecule has 1 aliphatic heterocycles. The molecule has 5 nitrogen and oxygen atoms in total. The van der Waals surface area contributed by atoms with Gasteiger partial charge in [0.05, 0.1) is 17.1 Å². The number of amidine groups is 1. The summed E-state index contributed by atoms with van der Waals surface area (Å²) in [5.74, 6) is -0.155. The molecule has 0 saturated carbocycles. The van der Waals surface area contributed by atoms with Crippen LogP contribution in [-0.2, 0) is 11.3 Å². The molecule has 3 N–H and O–H groups in total. The van der Waals surface area contributed by atoms with Gasteiger partial charge in [0, 0.05) is 23.3 Å². The largest absolute Gasteiger partial charge is 0.399 e. The van der Waals surface area contributed by atoms with Crippen molar-refractivity contribution in [3.05, 3.63) is 64.7 Å². The monoisotopic (exact) mass is 384 g/mol. The number of nitrogens with zero attached hydrogens (tertiary/aromatic N) is 2. The van der Waals surface area contributed by atoms with E-state index in [1.54, 1.807) is 6.07 Å². The molecule has 0 atom stereocenters. The first kappa shape index (κ1) is 18.4. The molecule has 7 heteroatoms. The van der Waals surface area contributed by atoms with E-state index in [1.807, 2.05) is 61.3 Å². The maximum atomic E-state index is 12.9. The first-order valence-corrected chi connectivity index (χ1v) is 9.30. The van der Waals surface area contributed by atoms with Crippen LogP contribution in [0.2, 0.25) is 0 Å². The number of rotatable bonds is 4. The Bertz CT molecular complexity index is 896. The number of hydrogen-bond acceptors (Lipinski definition) is 6. The zero-order chi connectivity index (χ0) is 18.8. The summed E-state index contributed by atoms with van der Waals surface area (Å²) in [5, 5.41) is 8.45. The van der Waals surface area contributed by atoms with Gasteiger partial charge in [0.15, 0.2) is 5.17 Å². The van der Waals surface area contributed by atoms with E-state index in [9.17, 15) is 4.79 Å². The van der Waals surface area contributed by atoms with Crippen LogP contribution < -0.4 is 10.6 Å². The Hall–Kier alpha value is -2.38. The van der Waals surface area contributed by atoms with Crippen molar-refractivity contribution in [3.63, 3.8) is 0 Å². The third-order valence-electron chi connectivity index (χ3n) is 4.26. The maximum absolute atomic E-state index is 12.9. The number of carbonyl (C=O) groups excluding carboxylic acids is 1. The summed E-state index contributed by atoms with van der Waals surface area (Å²) in [5.41, 5.74) is 9.09. The lowest BCUT2D eigenvalue weighted by atomic mass is 10.2. The summed E-state index contributed by atoms with van der Waals surface area (Å²) < 4.78 is 0. The Morgan fingerprint density at radius 2 is 1.96 bits per heavy atom. The third kappa shape index (κ3) is 3.59. The van der Waals surface area contributed by atoms with Crippen LogP contribution >= 0.6 is 24.4 Å². The van der Waals surface area contributed by atoms with Crippen LogP contribution in [0.15, 0.2) is 64.0 Å². The minimum absolute atomic E-state index is 0.155. The van der Waals surface area contributed by atoms with E-state index in [4.69, 9.17) is 11.1 Å². The van der Waals surface area contributed by atoms with E-state index in [1.165, 1.54) is 16.7 Å². The van der Waals surface area contributed by atoms with Gasteiger partial charge >= 0.3 is 0 Å². The molecule has 0 aromatic heterocycles. The highest BCUT2D eigenvalue weighted by Gasteiger charge is 2.34. The summed E-state index contributed by atoms with van der Waals surface area (Å²) in [6.07, 6.45) is 0. The molecule has 1 heterocycles. The first-order chi connectivity index (χ1) is 12.4. The summed E-state index contributed by atoms with van der Waals surface area (Å²) in [6.45, 7) is 2.26. The molecule has 2 aromatic rings. The molecule has 3 rings (SSSR count). The number of carbonyl (C=O) groups is 1. The van der Waals surface area contributed by atoms with Gasteiger partial charge in [-0.1, -0.05) is 30.3 Å². The number of amides is 1. The molecule has 26 heavy (non-hydrogen) atoms. The zero-order valence-corrected chi connectivity index (χ0v) is 16.3. The molecule has 1 amide bonds. The smallest absolute Gasteiger partial charge is 0.268 e. The van der Waals surface area contributed by atoms with Crippen LogP contribution in [-0.4, -0.2) is 23.0 Å². The zero-order valence-electron chi connectivity index (χ0n) is 14.6. The highest BCUT2D eigenvalue weighted by molar-refractivity contribution is 8.18. The van der Waals surface area contributed by atoms with Crippen molar-refractivity contribution in [3.8, 4) is 0 Å². The quantitative estimate of drug-likeness (QED) is 0.424. The predicted molar refractivity (Wildman–Crippen MR) is 112 cm³/mol. The lowest BCUT2D eigenvalue weighted by Crippen LogP contribution is -2.29. The van der Waals surface area contributed by atoms with Crippen LogP contribution in [0, 0.1) is 5.41 Å². The van der Waals surface area contributed by atoms with Gasteiger partial charge in [0.1, 0.15) is 0 Å². The summed E-state index contributed by atoms with van der Waals surface area (Å²) in [7, 11) is 1.87. The Morgan fingerprint density at radius 3 is 2.65 bits per heavy atom. The van der Waals surface area contributed by atoms with E-state index in [0.717, 1.165) is 21.8 Å². The topological polar surface area (TPSA) is 73.4 Å². The van der Waals surface area contributed by atoms with Crippen LogP contribution in [0.5, 0.6) is 0 Å². The minimum Gasteiger partial charge on any atom is -0.399 e. The second-order valence-corrected chi connectivity index (χ2v) is 7.49. The fourth-order valence-corrected chi connectivity index (χ4v) is 3.91. The van der Waals surface area contributed by atoms with Gasteiger partial charge in [-0.2, -0.15) is 0 Å². The third-order valence-corrected chi connectivity index (χ3v) is 5.73. The number of hydrogen-bond donors (Lipinski definition) is 3. The van der Waals surface area contributed by atoms with Crippen molar-refractivity contribution in [2.24, 2.45) is 0 Å². The van der Waals surface area contributed by atoms with E-state index >= 15 is 0 Å². The average Bonchev–Trinajstić information content (AvgIpc) is 2.91. The fourth-order valence-electron chi connectivity index (χ4n) is 2.69. The SMILES string of the molecule is C/C(=C1\SC(=N)N(Cc2ccccc2)C1=O)N(C)c1cc(N)ccc1S. The summed E-state index contributed by atoms with van der Waals surface area (Å²) in [6, 6.07) is 15.1. The van der Waals surface area contributed by atoms with Gasteiger partial charge in [-0.15, -0.1) is 12.6 Å². The number of benzene rings is 2. The first-order valence-electron chi connectivity index (χ1n) is 8.03. The standard InChI is InChI=1S/C19H20N4OS2/c1-12(22(2)15-10-14(20)8-9-16(15)25)17-18(24)23(19(21)26-17)11-13-6-4-3-5-7-13/h3-10,21,25H,11,20H2,1-2H3/b17-12+,21-19?. The molecular weight excluding hydrogens is 364 g/mol. The molecule has 134 valence electrons. The number of nitrogens with two attached hydrogens (primary N) is 1. The van der Waals surface area contributed by atoms with Gasteiger partial charge in [0.25, 0.3) is 5.91 Å². The van der Waals surface area contributed by atoms with Crippen molar-refractivity contribution in [1.82, 2.24) is 4.90 Å². The predicted octanol–water partition coefficient (Wildman–Crippen LogP) is 3.94. The number of thiol groups is 1. The Morgan fingerprint density at radius 1 is 1.27 bits per heavy atom. The second-order valence-electron chi connectivity index (χ2n) is 6.01. The average molecular weight is 385 g/mol. The van der Waals surface area contributed by atoms with Crippen molar-refractivity contribution in [1.29, 1.82) is 5.41 Å². The number of thioether (sulfide) groups is 1.